The van der Waals surface area contributed by atoms with Gasteiger partial charge >= 0.3 is 5.69 Å². The second-order valence-corrected chi connectivity index (χ2v) is 5.84. The van der Waals surface area contributed by atoms with Gasteiger partial charge in [-0.25, -0.2) is 8.42 Å². The van der Waals surface area contributed by atoms with Crippen LogP contribution in [0.4, 0.5) is 5.69 Å². The predicted molar refractivity (Wildman–Crippen MR) is 61.2 cm³/mol. The van der Waals surface area contributed by atoms with E-state index in [2.05, 4.69) is 4.98 Å². The smallest absolute Gasteiger partial charge is 0.385 e. The Morgan fingerprint density at radius 3 is 2.47 bits per heavy atom. The van der Waals surface area contributed by atoms with Crippen LogP contribution in [-0.4, -0.2) is 8.42 Å². The Morgan fingerprint density at radius 2 is 1.88 bits per heavy atom. The van der Waals surface area contributed by atoms with Crippen molar-refractivity contribution in [2.24, 2.45) is 0 Å². The van der Waals surface area contributed by atoms with Gasteiger partial charge in [0.25, 0.3) is 9.05 Å². The maximum atomic E-state index is 11.4. The largest absolute Gasteiger partial charge is 0.867 e. The molecule has 86 valence electrons. The summed E-state index contributed by atoms with van der Waals surface area (Å²) < 4.78 is 22.7. The number of hydrogen-bond donors (Lipinski definition) is 0. The van der Waals surface area contributed by atoms with Crippen molar-refractivity contribution in [1.82, 2.24) is 0 Å². The van der Waals surface area contributed by atoms with Gasteiger partial charge in [-0.15, -0.1) is 0 Å². The molecule has 0 aliphatic rings. The average Bonchev–Trinajstić information content (AvgIpc) is 2.26. The normalized spacial score (nSPS) is 11.3. The van der Waals surface area contributed by atoms with Crippen LogP contribution in [-0.2, 0) is 9.05 Å². The molecule has 7 heteroatoms. The quantitative estimate of drug-likeness (QED) is 0.587. The highest BCUT2D eigenvalue weighted by Crippen LogP contribution is 2.36. The van der Waals surface area contributed by atoms with Gasteiger partial charge in [-0.2, -0.15) is 0 Å². The van der Waals surface area contributed by atoms with Gasteiger partial charge in [0, 0.05) is 16.1 Å². The molecule has 0 N–H and O–H groups in total. The lowest BCUT2D eigenvalue weighted by atomic mass is 10.1. The monoisotopic (exact) mass is 268 g/mol. The number of hydrogen-bond acceptors (Lipinski definition) is 4. The highest BCUT2D eigenvalue weighted by atomic mass is 35.7. The van der Waals surface area contributed by atoms with Gasteiger partial charge in [0.1, 0.15) is 0 Å². The third kappa shape index (κ3) is 1.90. The summed E-state index contributed by atoms with van der Waals surface area (Å²) in [6, 6.07) is 6.68. The first-order chi connectivity index (χ1) is 7.95. The lowest BCUT2D eigenvalue weighted by Crippen LogP contribution is -1.94. The van der Waals surface area contributed by atoms with Crippen LogP contribution in [0.1, 0.15) is 0 Å². The van der Waals surface area contributed by atoms with E-state index in [0.717, 1.165) is 6.07 Å². The molecule has 0 aliphatic heterocycles. The Kier molecular flexibility index (Phi) is 2.65. The summed E-state index contributed by atoms with van der Waals surface area (Å²) >= 11 is 0. The van der Waals surface area contributed by atoms with E-state index < -0.39 is 14.8 Å². The van der Waals surface area contributed by atoms with Gasteiger partial charge in [0.05, 0.1) is 10.3 Å². The first-order valence-corrected chi connectivity index (χ1v) is 6.78. The summed E-state index contributed by atoms with van der Waals surface area (Å²) in [5.41, 5.74) is -0.204. The predicted octanol–water partition coefficient (Wildman–Crippen LogP) is 2.33. The van der Waals surface area contributed by atoms with Crippen LogP contribution in [0.2, 0.25) is 0 Å². The van der Waals surface area contributed by atoms with Crippen LogP contribution in [0, 0.1) is 5.39 Å². The molecule has 2 aromatic rings. The number of rotatable bonds is 1. The van der Waals surface area contributed by atoms with Gasteiger partial charge in [0.2, 0.25) is 5.39 Å². The van der Waals surface area contributed by atoms with Crippen LogP contribution in [0.25, 0.3) is 15.7 Å². The topological polar surface area (TPSA) is 85.3 Å². The molecule has 17 heavy (non-hydrogen) atoms. The summed E-state index contributed by atoms with van der Waals surface area (Å²) in [4.78, 5) is 2.75. The molecular weight excluding hydrogens is 264 g/mol. The fourth-order valence-corrected chi connectivity index (χ4v) is 2.69. The lowest BCUT2D eigenvalue weighted by molar-refractivity contribution is -0.266. The zero-order valence-electron chi connectivity index (χ0n) is 8.29. The molecule has 0 bridgehead atoms. The summed E-state index contributed by atoms with van der Waals surface area (Å²) in [5, 5.41) is 20.6. The highest BCUT2D eigenvalue weighted by Gasteiger charge is 2.19. The zero-order valence-corrected chi connectivity index (χ0v) is 9.86. The van der Waals surface area contributed by atoms with Crippen molar-refractivity contribution in [2.45, 2.75) is 4.90 Å². The Morgan fingerprint density at radius 1 is 1.18 bits per heavy atom. The van der Waals surface area contributed by atoms with Crippen molar-refractivity contribution >= 4 is 36.2 Å². The minimum absolute atomic E-state index is 0.124. The van der Waals surface area contributed by atoms with E-state index in [4.69, 9.17) is 16.1 Å². The SMILES string of the molecule is N#[N+]c1c([O-])ccc2c(S(=O)(=O)Cl)cccc12. The fraction of sp³-hybridized carbons (Fsp3) is 0. The van der Waals surface area contributed by atoms with E-state index in [0.29, 0.717) is 0 Å². The number of diazo groups is 1. The molecule has 5 nitrogen and oxygen atoms in total. The Labute approximate surface area is 101 Å². The van der Waals surface area contributed by atoms with Crippen LogP contribution in [0.15, 0.2) is 35.2 Å². The van der Waals surface area contributed by atoms with Crippen LogP contribution in [0.5, 0.6) is 5.75 Å². The molecule has 0 unspecified atom stereocenters. The van der Waals surface area contributed by atoms with E-state index >= 15 is 0 Å². The Balaban J connectivity index is 3.00. The molecule has 0 spiro atoms. The number of halogens is 1. The number of nitrogens with zero attached hydrogens (tertiary/aromatic N) is 2. The van der Waals surface area contributed by atoms with Crippen molar-refractivity contribution in [3.63, 3.8) is 0 Å². The highest BCUT2D eigenvalue weighted by molar-refractivity contribution is 8.14. The maximum absolute atomic E-state index is 11.4. The molecular formula is C10H5ClN2O3S. The molecule has 0 saturated heterocycles. The first kappa shape index (κ1) is 11.6. The van der Waals surface area contributed by atoms with Crippen LogP contribution < -0.4 is 5.11 Å². The minimum atomic E-state index is -3.92. The van der Waals surface area contributed by atoms with E-state index in [9.17, 15) is 13.5 Å². The molecule has 2 rings (SSSR count). The van der Waals surface area contributed by atoms with Crippen molar-refractivity contribution in [3.8, 4) is 5.75 Å². The third-order valence-electron chi connectivity index (χ3n) is 2.32. The molecule has 0 amide bonds. The average molecular weight is 269 g/mol. The zero-order chi connectivity index (χ0) is 12.6. The van der Waals surface area contributed by atoms with Crippen LogP contribution >= 0.6 is 10.7 Å². The van der Waals surface area contributed by atoms with Gasteiger partial charge in [-0.3, -0.25) is 0 Å². The minimum Gasteiger partial charge on any atom is -0.867 e. The molecule has 0 atom stereocenters. The molecule has 0 aromatic heterocycles. The first-order valence-electron chi connectivity index (χ1n) is 4.47. The lowest BCUT2D eigenvalue weighted by Gasteiger charge is -2.05. The fourth-order valence-electron chi connectivity index (χ4n) is 1.61. The molecule has 0 heterocycles. The van der Waals surface area contributed by atoms with Crippen LogP contribution in [0.3, 0.4) is 0 Å². The molecule has 0 radical (unpaired) electrons. The maximum Gasteiger partial charge on any atom is 0.385 e. The van der Waals surface area contributed by atoms with Gasteiger partial charge in [-0.1, -0.05) is 18.2 Å². The standard InChI is InChI=1S/C10H5ClN2O3S/c11-17(15,16)9-3-1-2-7-6(9)4-5-8(14)10(7)13-12/h1-5H. The molecule has 0 saturated carbocycles. The van der Waals surface area contributed by atoms with Crippen molar-refractivity contribution in [1.29, 1.82) is 5.39 Å². The second-order valence-electron chi connectivity index (χ2n) is 3.30. The summed E-state index contributed by atoms with van der Waals surface area (Å²) in [5.74, 6) is -0.496. The number of fused-ring (bicyclic) bond motifs is 1. The number of benzene rings is 2. The van der Waals surface area contributed by atoms with Gasteiger partial charge < -0.3 is 5.11 Å². The van der Waals surface area contributed by atoms with Crippen molar-refractivity contribution < 1.29 is 13.5 Å². The van der Waals surface area contributed by atoms with Gasteiger partial charge in [-0.05, 0) is 17.9 Å². The summed E-state index contributed by atoms with van der Waals surface area (Å²) in [7, 11) is 1.35. The third-order valence-corrected chi connectivity index (χ3v) is 3.70. The summed E-state index contributed by atoms with van der Waals surface area (Å²) in [6.45, 7) is 0. The van der Waals surface area contributed by atoms with Crippen molar-refractivity contribution in [2.75, 3.05) is 0 Å². The molecule has 0 aliphatic carbocycles. The van der Waals surface area contributed by atoms with Gasteiger partial charge in [0.15, 0.2) is 4.98 Å². The summed E-state index contributed by atoms with van der Waals surface area (Å²) in [6.07, 6.45) is 0. The molecule has 2 aromatic carbocycles. The van der Waals surface area contributed by atoms with E-state index in [1.54, 1.807) is 0 Å². The molecule has 0 fully saturated rings. The Bertz CT molecular complexity index is 750. The van der Waals surface area contributed by atoms with E-state index in [-0.39, 0.29) is 21.4 Å². The van der Waals surface area contributed by atoms with E-state index in [1.165, 1.54) is 24.3 Å². The van der Waals surface area contributed by atoms with E-state index in [1.807, 2.05) is 0 Å². The van der Waals surface area contributed by atoms with Crippen molar-refractivity contribution in [3.05, 3.63) is 35.3 Å². The second kappa shape index (κ2) is 3.87. The Hall–Kier alpha value is -1.84.